The van der Waals surface area contributed by atoms with Gasteiger partial charge < -0.3 is 20.1 Å². The quantitative estimate of drug-likeness (QED) is 0.628. The van der Waals surface area contributed by atoms with Crippen LogP contribution in [0, 0.1) is 5.82 Å². The van der Waals surface area contributed by atoms with Crippen LogP contribution < -0.4 is 5.32 Å². The second-order valence-electron chi connectivity index (χ2n) is 7.93. The zero-order chi connectivity index (χ0) is 21.1. The minimum absolute atomic E-state index is 0.0348. The molecule has 0 aliphatic carbocycles. The summed E-state index contributed by atoms with van der Waals surface area (Å²) >= 11 is 0. The number of aliphatic carboxylic acids is 1. The number of nitrogens with zero attached hydrogens (tertiary/aromatic N) is 2. The third-order valence-electron chi connectivity index (χ3n) is 5.89. The van der Waals surface area contributed by atoms with Crippen LogP contribution in [0.25, 0.3) is 10.9 Å². The summed E-state index contributed by atoms with van der Waals surface area (Å²) in [6, 6.07) is 3.50. The molecule has 0 radical (unpaired) electrons. The van der Waals surface area contributed by atoms with Crippen LogP contribution in [-0.2, 0) is 14.3 Å². The molecule has 1 aromatic carbocycles. The number of nitrogens with one attached hydrogen (secondary N) is 2. The average Bonchev–Trinajstić information content (AvgIpc) is 3.38. The van der Waals surface area contributed by atoms with Gasteiger partial charge >= 0.3 is 5.97 Å². The highest BCUT2D eigenvalue weighted by atomic mass is 19.1. The lowest BCUT2D eigenvalue weighted by molar-refractivity contribution is -0.144. The van der Waals surface area contributed by atoms with Crippen molar-refractivity contribution in [3.8, 4) is 0 Å². The molecule has 1 aromatic heterocycles. The van der Waals surface area contributed by atoms with E-state index in [9.17, 15) is 19.1 Å². The van der Waals surface area contributed by atoms with E-state index in [1.165, 1.54) is 12.1 Å². The van der Waals surface area contributed by atoms with Crippen molar-refractivity contribution in [3.05, 3.63) is 35.8 Å². The summed E-state index contributed by atoms with van der Waals surface area (Å²) in [7, 11) is 0. The minimum atomic E-state index is -0.942. The van der Waals surface area contributed by atoms with Gasteiger partial charge in [0, 0.05) is 62.0 Å². The first-order valence-corrected chi connectivity index (χ1v) is 10.4. The molecular weight excluding hydrogens is 391 g/mol. The van der Waals surface area contributed by atoms with Crippen LogP contribution in [0.4, 0.5) is 4.39 Å². The summed E-state index contributed by atoms with van der Waals surface area (Å²) in [4.78, 5) is 31.2. The smallest absolute Gasteiger partial charge is 0.325 e. The van der Waals surface area contributed by atoms with Crippen LogP contribution in [0.3, 0.4) is 0 Å². The highest BCUT2D eigenvalue weighted by Crippen LogP contribution is 2.30. The fraction of sp³-hybridized carbons (Fsp3) is 0.524. The molecule has 2 aliphatic rings. The molecule has 30 heavy (non-hydrogen) atoms. The number of carboxylic acids is 1. The summed E-state index contributed by atoms with van der Waals surface area (Å²) < 4.78 is 19.0. The monoisotopic (exact) mass is 418 g/mol. The maximum absolute atomic E-state index is 13.5. The van der Waals surface area contributed by atoms with E-state index < -0.39 is 12.0 Å². The SMILES string of the molecule is O=C(CN1CCN([C@H](C(=O)O)c2c[nH]c3cc(F)ccc23)CC1)NC[C@@H]1CCCO1. The van der Waals surface area contributed by atoms with Crippen molar-refractivity contribution in [3.63, 3.8) is 0 Å². The first kappa shape index (κ1) is 20.8. The Morgan fingerprint density at radius 2 is 2.10 bits per heavy atom. The van der Waals surface area contributed by atoms with Crippen LogP contribution in [0.2, 0.25) is 0 Å². The van der Waals surface area contributed by atoms with Crippen LogP contribution in [0.1, 0.15) is 24.4 Å². The minimum Gasteiger partial charge on any atom is -0.480 e. The zero-order valence-corrected chi connectivity index (χ0v) is 16.8. The number of ether oxygens (including phenoxy) is 1. The number of hydrogen-bond acceptors (Lipinski definition) is 5. The number of carboxylic acid groups (broad SMARTS) is 1. The van der Waals surface area contributed by atoms with Gasteiger partial charge in [0.05, 0.1) is 12.6 Å². The number of fused-ring (bicyclic) bond motifs is 1. The van der Waals surface area contributed by atoms with Gasteiger partial charge in [-0.1, -0.05) is 0 Å². The highest BCUT2D eigenvalue weighted by Gasteiger charge is 2.32. The largest absolute Gasteiger partial charge is 0.480 e. The molecule has 0 bridgehead atoms. The van der Waals surface area contributed by atoms with Crippen molar-refractivity contribution < 1.29 is 23.8 Å². The molecule has 3 heterocycles. The van der Waals surface area contributed by atoms with Gasteiger partial charge in [0.2, 0.25) is 5.91 Å². The molecule has 4 rings (SSSR count). The molecule has 2 saturated heterocycles. The fourth-order valence-corrected chi connectivity index (χ4v) is 4.30. The van der Waals surface area contributed by atoms with Gasteiger partial charge in [-0.15, -0.1) is 0 Å². The van der Waals surface area contributed by atoms with Gasteiger partial charge in [-0.05, 0) is 31.0 Å². The standard InChI is InChI=1S/C21H27FN4O4/c22-14-3-4-16-17(12-23-18(16)10-14)20(21(28)29)26-7-5-25(6-8-26)13-19(27)24-11-15-2-1-9-30-15/h3-4,10,12,15,20,23H,1-2,5-9,11,13H2,(H,24,27)(H,28,29)/t15-,20-/m0/s1. The fourth-order valence-electron chi connectivity index (χ4n) is 4.30. The number of carbonyl (C=O) groups excluding carboxylic acids is 1. The van der Waals surface area contributed by atoms with E-state index >= 15 is 0 Å². The van der Waals surface area contributed by atoms with Crippen molar-refractivity contribution in [2.45, 2.75) is 25.0 Å². The lowest BCUT2D eigenvalue weighted by Crippen LogP contribution is -2.51. The van der Waals surface area contributed by atoms with Crippen molar-refractivity contribution in [2.75, 3.05) is 45.9 Å². The molecule has 2 fully saturated rings. The highest BCUT2D eigenvalue weighted by molar-refractivity contribution is 5.89. The molecule has 162 valence electrons. The van der Waals surface area contributed by atoms with Gasteiger partial charge in [0.1, 0.15) is 11.9 Å². The molecule has 8 nitrogen and oxygen atoms in total. The molecule has 9 heteroatoms. The number of benzene rings is 1. The molecule has 2 aromatic rings. The Morgan fingerprint density at radius 3 is 2.80 bits per heavy atom. The Labute approximate surface area is 174 Å². The number of H-pyrrole nitrogens is 1. The number of aromatic amines is 1. The van der Waals surface area contributed by atoms with Gasteiger partial charge in [-0.25, -0.2) is 4.39 Å². The van der Waals surface area contributed by atoms with E-state index in [2.05, 4.69) is 10.3 Å². The van der Waals surface area contributed by atoms with Crippen molar-refractivity contribution in [1.82, 2.24) is 20.1 Å². The average molecular weight is 418 g/mol. The number of halogens is 1. The number of rotatable bonds is 7. The Bertz CT molecular complexity index is 904. The Morgan fingerprint density at radius 1 is 1.30 bits per heavy atom. The molecule has 0 unspecified atom stereocenters. The van der Waals surface area contributed by atoms with Crippen LogP contribution in [-0.4, -0.2) is 83.7 Å². The second kappa shape index (κ2) is 9.11. The van der Waals surface area contributed by atoms with E-state index in [0.29, 0.717) is 55.7 Å². The Hall–Kier alpha value is -2.49. The summed E-state index contributed by atoms with van der Waals surface area (Å²) in [5.74, 6) is -1.34. The molecule has 2 aliphatic heterocycles. The summed E-state index contributed by atoms with van der Waals surface area (Å²) in [5.41, 5.74) is 1.21. The van der Waals surface area contributed by atoms with E-state index in [1.54, 1.807) is 12.3 Å². The second-order valence-corrected chi connectivity index (χ2v) is 7.93. The number of piperazine rings is 1. The number of amides is 1. The Balaban J connectivity index is 1.34. The topological polar surface area (TPSA) is 97.9 Å². The van der Waals surface area contributed by atoms with Crippen LogP contribution in [0.15, 0.2) is 24.4 Å². The van der Waals surface area contributed by atoms with Gasteiger partial charge in [-0.3, -0.25) is 19.4 Å². The zero-order valence-electron chi connectivity index (χ0n) is 16.8. The van der Waals surface area contributed by atoms with Gasteiger partial charge in [0.15, 0.2) is 0 Å². The van der Waals surface area contributed by atoms with Gasteiger partial charge in [-0.2, -0.15) is 0 Å². The first-order valence-electron chi connectivity index (χ1n) is 10.4. The predicted molar refractivity (Wildman–Crippen MR) is 109 cm³/mol. The Kier molecular flexibility index (Phi) is 6.31. The third kappa shape index (κ3) is 4.63. The molecule has 1 amide bonds. The number of carbonyl (C=O) groups is 2. The number of hydrogen-bond donors (Lipinski definition) is 3. The molecule has 2 atom stereocenters. The van der Waals surface area contributed by atoms with Gasteiger partial charge in [0.25, 0.3) is 0 Å². The lowest BCUT2D eigenvalue weighted by atomic mass is 10.0. The summed E-state index contributed by atoms with van der Waals surface area (Å²) in [6.45, 7) is 3.88. The van der Waals surface area contributed by atoms with Crippen molar-refractivity contribution in [1.29, 1.82) is 0 Å². The number of aromatic nitrogens is 1. The molecule has 0 spiro atoms. The third-order valence-corrected chi connectivity index (χ3v) is 5.89. The van der Waals surface area contributed by atoms with Crippen LogP contribution >= 0.6 is 0 Å². The van der Waals surface area contributed by atoms with Crippen molar-refractivity contribution >= 4 is 22.8 Å². The van der Waals surface area contributed by atoms with E-state index in [0.717, 1.165) is 19.4 Å². The van der Waals surface area contributed by atoms with Crippen LogP contribution in [0.5, 0.6) is 0 Å². The predicted octanol–water partition coefficient (Wildman–Crippen LogP) is 1.35. The molecule has 3 N–H and O–H groups in total. The first-order chi connectivity index (χ1) is 14.5. The van der Waals surface area contributed by atoms with Crippen molar-refractivity contribution in [2.24, 2.45) is 0 Å². The van der Waals surface area contributed by atoms with E-state index in [1.807, 2.05) is 9.80 Å². The molecule has 0 saturated carbocycles. The molecular formula is C21H27FN4O4. The summed E-state index contributed by atoms with van der Waals surface area (Å²) in [6.07, 6.45) is 3.79. The van der Waals surface area contributed by atoms with E-state index in [4.69, 9.17) is 4.74 Å². The van der Waals surface area contributed by atoms with E-state index in [-0.39, 0.29) is 17.8 Å². The maximum Gasteiger partial charge on any atom is 0.325 e. The summed E-state index contributed by atoms with van der Waals surface area (Å²) in [5, 5.41) is 13.5. The lowest BCUT2D eigenvalue weighted by Gasteiger charge is -2.37. The normalized spacial score (nSPS) is 21.7. The maximum atomic E-state index is 13.5.